The van der Waals surface area contributed by atoms with Gasteiger partial charge in [-0.05, 0) is 50.6 Å². The van der Waals surface area contributed by atoms with E-state index in [0.717, 1.165) is 17.8 Å². The molecule has 2 aliphatic heterocycles. The highest BCUT2D eigenvalue weighted by Crippen LogP contribution is 2.31. The Morgan fingerprint density at radius 3 is 2.69 bits per heavy atom. The van der Waals surface area contributed by atoms with Crippen molar-refractivity contribution in [2.24, 2.45) is 17.8 Å². The Balaban J connectivity index is 2.09. The average Bonchev–Trinajstić information content (AvgIpc) is 2.23. The van der Waals surface area contributed by atoms with E-state index in [1.54, 1.807) is 0 Å². The fourth-order valence-corrected chi connectivity index (χ4v) is 2.72. The summed E-state index contributed by atoms with van der Waals surface area (Å²) in [6.07, 6.45) is 9.18. The molecule has 74 valence electrons. The monoisotopic (exact) mass is 179 g/mol. The van der Waals surface area contributed by atoms with E-state index in [2.05, 4.69) is 31.0 Å². The molecule has 13 heavy (non-hydrogen) atoms. The molecule has 1 aliphatic carbocycles. The normalized spacial score (nSPS) is 41.2. The van der Waals surface area contributed by atoms with Gasteiger partial charge in [0.05, 0.1) is 0 Å². The molecule has 3 atom stereocenters. The highest BCUT2D eigenvalue weighted by atomic mass is 15.1. The minimum Gasteiger partial charge on any atom is -0.306 e. The molecule has 0 aromatic carbocycles. The molecule has 2 bridgehead atoms. The number of rotatable bonds is 0. The molecule has 0 aromatic heterocycles. The predicted molar refractivity (Wildman–Crippen MR) is 56.6 cm³/mol. The van der Waals surface area contributed by atoms with Crippen molar-refractivity contribution in [2.45, 2.75) is 26.2 Å². The van der Waals surface area contributed by atoms with Crippen LogP contribution in [0.1, 0.15) is 26.2 Å². The summed E-state index contributed by atoms with van der Waals surface area (Å²) >= 11 is 0. The van der Waals surface area contributed by atoms with Crippen molar-refractivity contribution in [3.8, 4) is 0 Å². The predicted octanol–water partition coefficient (Wildman–Crippen LogP) is 2.54. The Hall–Kier alpha value is -0.300. The number of hydrogen-bond donors (Lipinski definition) is 0. The summed E-state index contributed by atoms with van der Waals surface area (Å²) in [6, 6.07) is 0. The average molecular weight is 179 g/mol. The molecule has 0 N–H and O–H groups in total. The zero-order valence-electron chi connectivity index (χ0n) is 8.87. The van der Waals surface area contributed by atoms with E-state index in [1.807, 2.05) is 0 Å². The van der Waals surface area contributed by atoms with E-state index in [9.17, 15) is 0 Å². The molecule has 3 rings (SSSR count). The van der Waals surface area contributed by atoms with Gasteiger partial charge in [-0.15, -0.1) is 0 Å². The molecule has 0 radical (unpaired) electrons. The summed E-state index contributed by atoms with van der Waals surface area (Å²) < 4.78 is 0. The molecule has 0 aromatic rings. The first kappa shape index (κ1) is 9.26. The van der Waals surface area contributed by atoms with E-state index in [1.165, 1.54) is 32.4 Å². The van der Waals surface area contributed by atoms with E-state index in [0.29, 0.717) is 0 Å². The van der Waals surface area contributed by atoms with Crippen LogP contribution in [0.4, 0.5) is 0 Å². The molecule has 3 unspecified atom stereocenters. The van der Waals surface area contributed by atoms with Gasteiger partial charge < -0.3 is 4.90 Å². The van der Waals surface area contributed by atoms with E-state index >= 15 is 0 Å². The maximum atomic E-state index is 2.50. The minimum atomic E-state index is 0.847. The number of nitrogens with zero attached hydrogens (tertiary/aromatic N) is 1. The van der Waals surface area contributed by atoms with E-state index in [-0.39, 0.29) is 0 Å². The molecule has 1 saturated heterocycles. The van der Waals surface area contributed by atoms with Crippen LogP contribution >= 0.6 is 0 Å². The first-order valence-corrected chi connectivity index (χ1v) is 5.62. The number of hydrogen-bond acceptors (Lipinski definition) is 1. The van der Waals surface area contributed by atoms with Crippen LogP contribution in [0, 0.1) is 17.8 Å². The Morgan fingerprint density at radius 1 is 1.15 bits per heavy atom. The summed E-state index contributed by atoms with van der Waals surface area (Å²) in [5.74, 6) is 2.58. The van der Waals surface area contributed by atoms with Crippen molar-refractivity contribution >= 4 is 0 Å². The van der Waals surface area contributed by atoms with Gasteiger partial charge in [0.1, 0.15) is 0 Å². The highest BCUT2D eigenvalue weighted by Gasteiger charge is 2.23. The van der Waals surface area contributed by atoms with Gasteiger partial charge in [0, 0.05) is 6.54 Å². The van der Waals surface area contributed by atoms with Crippen LogP contribution in [0.2, 0.25) is 0 Å². The first-order chi connectivity index (χ1) is 6.25. The fourth-order valence-electron chi connectivity index (χ4n) is 2.72. The maximum absolute atomic E-state index is 2.50. The lowest BCUT2D eigenvalue weighted by Crippen LogP contribution is -2.27. The molecule has 3 aliphatic rings. The van der Waals surface area contributed by atoms with Crippen LogP contribution in [-0.4, -0.2) is 25.0 Å². The van der Waals surface area contributed by atoms with Gasteiger partial charge in [0.15, 0.2) is 0 Å². The molecule has 0 saturated carbocycles. The third-order valence-corrected chi connectivity index (χ3v) is 3.71. The quantitative estimate of drug-likeness (QED) is 0.517. The van der Waals surface area contributed by atoms with Gasteiger partial charge in [0.25, 0.3) is 0 Å². The number of allylic oxidation sites excluding steroid dienone is 2. The first-order valence-electron chi connectivity index (χ1n) is 5.62. The molecule has 0 spiro atoms. The third kappa shape index (κ3) is 2.14. The van der Waals surface area contributed by atoms with Gasteiger partial charge in [-0.2, -0.15) is 0 Å². The Bertz CT molecular complexity index is 197. The SMILES string of the molecule is CC1CN(C)CCC2C=CC1CC2. The summed E-state index contributed by atoms with van der Waals surface area (Å²) in [7, 11) is 2.27. The van der Waals surface area contributed by atoms with Gasteiger partial charge >= 0.3 is 0 Å². The fraction of sp³-hybridized carbons (Fsp3) is 0.833. The van der Waals surface area contributed by atoms with Crippen LogP contribution in [0.5, 0.6) is 0 Å². The topological polar surface area (TPSA) is 3.24 Å². The molecular formula is C12H21N. The van der Waals surface area contributed by atoms with Crippen molar-refractivity contribution < 1.29 is 0 Å². The van der Waals surface area contributed by atoms with Crippen LogP contribution in [-0.2, 0) is 0 Å². The van der Waals surface area contributed by atoms with Gasteiger partial charge in [-0.25, -0.2) is 0 Å². The lowest BCUT2D eigenvalue weighted by molar-refractivity contribution is 0.259. The van der Waals surface area contributed by atoms with Gasteiger partial charge in [-0.3, -0.25) is 0 Å². The van der Waals surface area contributed by atoms with Gasteiger partial charge in [-0.1, -0.05) is 19.1 Å². The van der Waals surface area contributed by atoms with Crippen LogP contribution < -0.4 is 0 Å². The summed E-state index contributed by atoms with van der Waals surface area (Å²) in [5, 5.41) is 0. The Morgan fingerprint density at radius 2 is 2.00 bits per heavy atom. The largest absolute Gasteiger partial charge is 0.306 e. The number of fused-ring (bicyclic) bond motifs is 5. The maximum Gasteiger partial charge on any atom is 0.000959 e. The van der Waals surface area contributed by atoms with Crippen LogP contribution in [0.25, 0.3) is 0 Å². The van der Waals surface area contributed by atoms with Crippen LogP contribution in [0.15, 0.2) is 12.2 Å². The third-order valence-electron chi connectivity index (χ3n) is 3.71. The lowest BCUT2D eigenvalue weighted by atomic mass is 9.81. The summed E-state index contributed by atoms with van der Waals surface area (Å²) in [6.45, 7) is 4.96. The molecule has 1 heteroatoms. The van der Waals surface area contributed by atoms with Crippen molar-refractivity contribution in [3.05, 3.63) is 12.2 Å². The minimum absolute atomic E-state index is 0.847. The molecule has 0 amide bonds. The Labute approximate surface area is 81.8 Å². The standard InChI is InChI=1S/C12H21N/c1-10-9-13(2)8-7-11-3-5-12(10)6-4-11/h3,5,10-12H,4,6-9H2,1-2H3. The highest BCUT2D eigenvalue weighted by molar-refractivity contribution is 5.00. The van der Waals surface area contributed by atoms with Crippen molar-refractivity contribution in [1.82, 2.24) is 4.90 Å². The zero-order chi connectivity index (χ0) is 9.26. The van der Waals surface area contributed by atoms with Crippen LogP contribution in [0.3, 0.4) is 0 Å². The van der Waals surface area contributed by atoms with Crippen molar-refractivity contribution in [2.75, 3.05) is 20.1 Å². The second-order valence-corrected chi connectivity index (χ2v) is 4.91. The molecule has 1 fully saturated rings. The summed E-state index contributed by atoms with van der Waals surface area (Å²) in [5.41, 5.74) is 0. The lowest BCUT2D eigenvalue weighted by Gasteiger charge is -2.25. The Kier molecular flexibility index (Phi) is 2.73. The summed E-state index contributed by atoms with van der Waals surface area (Å²) in [4.78, 5) is 2.50. The van der Waals surface area contributed by atoms with E-state index in [4.69, 9.17) is 0 Å². The van der Waals surface area contributed by atoms with Crippen molar-refractivity contribution in [3.63, 3.8) is 0 Å². The van der Waals surface area contributed by atoms with E-state index < -0.39 is 0 Å². The second-order valence-electron chi connectivity index (χ2n) is 4.91. The second kappa shape index (κ2) is 3.83. The van der Waals surface area contributed by atoms with Gasteiger partial charge in [0.2, 0.25) is 0 Å². The molecule has 2 heterocycles. The zero-order valence-corrected chi connectivity index (χ0v) is 8.87. The smallest absolute Gasteiger partial charge is 0.000959 e. The van der Waals surface area contributed by atoms with Crippen molar-refractivity contribution in [1.29, 1.82) is 0 Å². The molecule has 1 nitrogen and oxygen atoms in total. The molecular weight excluding hydrogens is 158 g/mol.